The Morgan fingerprint density at radius 3 is 3.05 bits per heavy atom. The van der Waals surface area contributed by atoms with E-state index in [0.717, 1.165) is 35.3 Å². The van der Waals surface area contributed by atoms with Crippen LogP contribution in [0, 0.1) is 0 Å². The van der Waals surface area contributed by atoms with Crippen LogP contribution in [0.1, 0.15) is 11.1 Å². The molecule has 0 saturated carbocycles. The fourth-order valence-electron chi connectivity index (χ4n) is 2.72. The molecule has 1 aliphatic rings. The summed E-state index contributed by atoms with van der Waals surface area (Å²) in [4.78, 5) is 0. The minimum absolute atomic E-state index is 0.301. The molecule has 1 atom stereocenters. The van der Waals surface area contributed by atoms with Gasteiger partial charge in [0.15, 0.2) is 0 Å². The van der Waals surface area contributed by atoms with Gasteiger partial charge in [0, 0.05) is 12.6 Å². The van der Waals surface area contributed by atoms with Gasteiger partial charge in [-0.25, -0.2) is 4.63 Å². The van der Waals surface area contributed by atoms with Crippen LogP contribution in [0.5, 0.6) is 5.75 Å². The Morgan fingerprint density at radius 2 is 2.05 bits per heavy atom. The molecule has 2 heterocycles. The van der Waals surface area contributed by atoms with Crippen molar-refractivity contribution in [3.8, 4) is 5.75 Å². The molecule has 0 amide bonds. The lowest BCUT2D eigenvalue weighted by Crippen LogP contribution is -2.38. The first-order valence-electron chi connectivity index (χ1n) is 7.04. The van der Waals surface area contributed by atoms with Gasteiger partial charge in [0.05, 0.1) is 0 Å². The Morgan fingerprint density at radius 1 is 1.10 bits per heavy atom. The van der Waals surface area contributed by atoms with Gasteiger partial charge in [-0.3, -0.25) is 0 Å². The topological polar surface area (TPSA) is 60.2 Å². The molecular formula is C16H15N3O2. The Labute approximate surface area is 121 Å². The second-order valence-corrected chi connectivity index (χ2v) is 5.25. The van der Waals surface area contributed by atoms with E-state index in [1.54, 1.807) is 0 Å². The molecule has 1 unspecified atom stereocenters. The summed E-state index contributed by atoms with van der Waals surface area (Å²) < 4.78 is 10.6. The SMILES string of the molecule is c1ccc2c(c1)CC(NCc1cccc3nonc13)CO2. The lowest BCUT2D eigenvalue weighted by molar-refractivity contribution is 0.238. The number of nitrogens with one attached hydrogen (secondary N) is 1. The minimum Gasteiger partial charge on any atom is -0.492 e. The highest BCUT2D eigenvalue weighted by molar-refractivity contribution is 5.76. The summed E-state index contributed by atoms with van der Waals surface area (Å²) in [6.45, 7) is 1.41. The lowest BCUT2D eigenvalue weighted by Gasteiger charge is -2.26. The zero-order valence-electron chi connectivity index (χ0n) is 11.5. The van der Waals surface area contributed by atoms with Gasteiger partial charge in [-0.1, -0.05) is 30.3 Å². The Hall–Kier alpha value is -2.40. The van der Waals surface area contributed by atoms with Gasteiger partial charge in [-0.05, 0) is 40.0 Å². The smallest absolute Gasteiger partial charge is 0.139 e. The van der Waals surface area contributed by atoms with E-state index in [9.17, 15) is 0 Å². The molecule has 3 aromatic rings. The lowest BCUT2D eigenvalue weighted by atomic mass is 10.0. The number of fused-ring (bicyclic) bond motifs is 2. The summed E-state index contributed by atoms with van der Waals surface area (Å²) in [5.41, 5.74) is 3.96. The maximum absolute atomic E-state index is 5.79. The fourth-order valence-corrected chi connectivity index (χ4v) is 2.72. The Kier molecular flexibility index (Phi) is 3.05. The van der Waals surface area contributed by atoms with Crippen LogP contribution in [-0.4, -0.2) is 23.0 Å². The van der Waals surface area contributed by atoms with Crippen molar-refractivity contribution in [3.63, 3.8) is 0 Å². The summed E-state index contributed by atoms with van der Waals surface area (Å²) in [6, 6.07) is 14.4. The van der Waals surface area contributed by atoms with Gasteiger partial charge in [0.25, 0.3) is 0 Å². The van der Waals surface area contributed by atoms with Crippen molar-refractivity contribution in [3.05, 3.63) is 53.6 Å². The quantitative estimate of drug-likeness (QED) is 0.798. The van der Waals surface area contributed by atoms with E-state index in [0.29, 0.717) is 12.6 Å². The van der Waals surface area contributed by atoms with Crippen molar-refractivity contribution < 1.29 is 9.37 Å². The van der Waals surface area contributed by atoms with E-state index < -0.39 is 0 Å². The predicted molar refractivity (Wildman–Crippen MR) is 78.1 cm³/mol. The van der Waals surface area contributed by atoms with Crippen LogP contribution in [0.15, 0.2) is 47.1 Å². The normalized spacial score (nSPS) is 17.4. The average molecular weight is 281 g/mol. The van der Waals surface area contributed by atoms with Gasteiger partial charge in [-0.2, -0.15) is 0 Å². The molecule has 0 spiro atoms. The molecular weight excluding hydrogens is 266 g/mol. The zero-order valence-corrected chi connectivity index (χ0v) is 11.5. The number of aromatic nitrogens is 2. The highest BCUT2D eigenvalue weighted by Gasteiger charge is 2.19. The van der Waals surface area contributed by atoms with Crippen molar-refractivity contribution in [2.24, 2.45) is 0 Å². The van der Waals surface area contributed by atoms with Gasteiger partial charge in [-0.15, -0.1) is 0 Å². The average Bonchev–Trinajstić information content (AvgIpc) is 3.02. The summed E-state index contributed by atoms with van der Waals surface area (Å²) in [5.74, 6) is 0.998. The first-order chi connectivity index (χ1) is 10.4. The van der Waals surface area contributed by atoms with Crippen LogP contribution in [0.25, 0.3) is 11.0 Å². The number of para-hydroxylation sites is 1. The molecule has 21 heavy (non-hydrogen) atoms. The molecule has 0 fully saturated rings. The number of ether oxygens (including phenoxy) is 1. The van der Waals surface area contributed by atoms with Crippen LogP contribution in [0.2, 0.25) is 0 Å². The molecule has 0 radical (unpaired) electrons. The zero-order chi connectivity index (χ0) is 14.1. The van der Waals surface area contributed by atoms with Gasteiger partial charge in [0.1, 0.15) is 23.4 Å². The van der Waals surface area contributed by atoms with Crippen LogP contribution in [-0.2, 0) is 13.0 Å². The van der Waals surface area contributed by atoms with Crippen LogP contribution in [0.3, 0.4) is 0 Å². The second-order valence-electron chi connectivity index (χ2n) is 5.25. The van der Waals surface area contributed by atoms with Gasteiger partial charge >= 0.3 is 0 Å². The highest BCUT2D eigenvalue weighted by atomic mass is 16.6. The van der Waals surface area contributed by atoms with Crippen LogP contribution < -0.4 is 10.1 Å². The van der Waals surface area contributed by atoms with E-state index in [4.69, 9.17) is 9.37 Å². The van der Waals surface area contributed by atoms with Crippen molar-refractivity contribution in [2.75, 3.05) is 6.61 Å². The van der Waals surface area contributed by atoms with E-state index in [-0.39, 0.29) is 0 Å². The molecule has 5 heteroatoms. The van der Waals surface area contributed by atoms with Crippen LogP contribution >= 0.6 is 0 Å². The number of hydrogen-bond acceptors (Lipinski definition) is 5. The molecule has 1 N–H and O–H groups in total. The number of nitrogens with zero attached hydrogens (tertiary/aromatic N) is 2. The first kappa shape index (κ1) is 12.3. The predicted octanol–water partition coefficient (Wildman–Crippen LogP) is 2.32. The number of rotatable bonds is 3. The maximum atomic E-state index is 5.79. The highest BCUT2D eigenvalue weighted by Crippen LogP contribution is 2.24. The molecule has 2 aromatic carbocycles. The van der Waals surface area contributed by atoms with E-state index >= 15 is 0 Å². The van der Waals surface area contributed by atoms with Crippen molar-refractivity contribution in [1.29, 1.82) is 0 Å². The molecule has 0 bridgehead atoms. The largest absolute Gasteiger partial charge is 0.492 e. The Balaban J connectivity index is 1.47. The third kappa shape index (κ3) is 2.36. The fraction of sp³-hybridized carbons (Fsp3) is 0.250. The second kappa shape index (κ2) is 5.18. The van der Waals surface area contributed by atoms with E-state index in [1.807, 2.05) is 36.4 Å². The minimum atomic E-state index is 0.301. The monoisotopic (exact) mass is 281 g/mol. The van der Waals surface area contributed by atoms with E-state index in [2.05, 4.69) is 21.7 Å². The maximum Gasteiger partial charge on any atom is 0.139 e. The summed E-state index contributed by atoms with van der Waals surface area (Å²) >= 11 is 0. The van der Waals surface area contributed by atoms with Crippen molar-refractivity contribution >= 4 is 11.0 Å². The standard InChI is InChI=1S/C16H15N3O2/c1-2-7-15-11(4-1)8-13(10-20-15)17-9-12-5-3-6-14-16(12)19-21-18-14/h1-7,13,17H,8-10H2. The van der Waals surface area contributed by atoms with Gasteiger partial charge < -0.3 is 10.1 Å². The first-order valence-corrected chi connectivity index (χ1v) is 7.04. The van der Waals surface area contributed by atoms with E-state index in [1.165, 1.54) is 5.56 Å². The molecule has 1 aliphatic heterocycles. The third-order valence-corrected chi connectivity index (χ3v) is 3.83. The number of benzene rings is 2. The van der Waals surface area contributed by atoms with Crippen molar-refractivity contribution in [1.82, 2.24) is 15.6 Å². The third-order valence-electron chi connectivity index (χ3n) is 3.83. The number of hydrogen-bond donors (Lipinski definition) is 1. The summed E-state index contributed by atoms with van der Waals surface area (Å²) in [5, 5.41) is 11.4. The molecule has 4 rings (SSSR count). The molecule has 1 aromatic heterocycles. The summed E-state index contributed by atoms with van der Waals surface area (Å²) in [6.07, 6.45) is 0.975. The molecule has 0 aliphatic carbocycles. The molecule has 0 saturated heterocycles. The summed E-state index contributed by atoms with van der Waals surface area (Å²) in [7, 11) is 0. The van der Waals surface area contributed by atoms with Crippen molar-refractivity contribution in [2.45, 2.75) is 19.0 Å². The molecule has 106 valence electrons. The Bertz CT molecular complexity index is 769. The van der Waals surface area contributed by atoms with Crippen LogP contribution in [0.4, 0.5) is 0 Å². The van der Waals surface area contributed by atoms with Gasteiger partial charge in [0.2, 0.25) is 0 Å². The molecule has 5 nitrogen and oxygen atoms in total.